The van der Waals surface area contributed by atoms with Crippen LogP contribution in [-0.4, -0.2) is 48.6 Å². The maximum Gasteiger partial charge on any atom is 0.0235 e. The summed E-state index contributed by atoms with van der Waals surface area (Å²) >= 11 is 0. The minimum absolute atomic E-state index is 0.858. The highest BCUT2D eigenvalue weighted by atomic mass is 15.3. The van der Waals surface area contributed by atoms with E-state index >= 15 is 0 Å². The molecule has 0 aliphatic carbocycles. The Balaban J connectivity index is 1.79. The molecule has 100 valence electrons. The van der Waals surface area contributed by atoms with Crippen molar-refractivity contribution in [1.29, 1.82) is 0 Å². The van der Waals surface area contributed by atoms with Crippen molar-refractivity contribution in [1.82, 2.24) is 9.80 Å². The summed E-state index contributed by atoms with van der Waals surface area (Å²) in [6.07, 6.45) is 5.55. The Morgan fingerprint density at radius 1 is 1.06 bits per heavy atom. The van der Waals surface area contributed by atoms with E-state index in [4.69, 9.17) is 0 Å². The zero-order valence-electron chi connectivity index (χ0n) is 12.0. The van der Waals surface area contributed by atoms with Crippen LogP contribution < -0.4 is 0 Å². The van der Waals surface area contributed by atoms with Crippen LogP contribution in [0.1, 0.15) is 46.5 Å². The molecule has 2 rings (SSSR count). The topological polar surface area (TPSA) is 6.48 Å². The van der Waals surface area contributed by atoms with Crippen LogP contribution in [0.2, 0.25) is 0 Å². The van der Waals surface area contributed by atoms with Gasteiger partial charge >= 0.3 is 0 Å². The molecule has 2 heterocycles. The predicted octanol–water partition coefficient (Wildman–Crippen LogP) is 2.84. The Hall–Kier alpha value is -0.0800. The number of likely N-dealkylation sites (tertiary alicyclic amines) is 2. The average molecular weight is 238 g/mol. The number of piperidine rings is 1. The minimum atomic E-state index is 0.858. The van der Waals surface area contributed by atoms with Gasteiger partial charge in [0.25, 0.3) is 0 Å². The Morgan fingerprint density at radius 2 is 1.76 bits per heavy atom. The maximum atomic E-state index is 2.78. The van der Waals surface area contributed by atoms with E-state index in [1.54, 1.807) is 0 Å². The van der Waals surface area contributed by atoms with Crippen molar-refractivity contribution in [2.45, 2.75) is 52.5 Å². The summed E-state index contributed by atoms with van der Waals surface area (Å²) in [7, 11) is 0. The van der Waals surface area contributed by atoms with Gasteiger partial charge in [-0.15, -0.1) is 0 Å². The molecule has 3 atom stereocenters. The summed E-state index contributed by atoms with van der Waals surface area (Å²) in [5, 5.41) is 0. The lowest BCUT2D eigenvalue weighted by atomic mass is 9.91. The van der Waals surface area contributed by atoms with Crippen molar-refractivity contribution < 1.29 is 0 Å². The second-order valence-electron chi connectivity index (χ2n) is 6.50. The summed E-state index contributed by atoms with van der Waals surface area (Å²) in [4.78, 5) is 5.46. The van der Waals surface area contributed by atoms with Gasteiger partial charge in [0, 0.05) is 25.7 Å². The standard InChI is InChI=1S/C15H30N2/c1-4-5-7-16-8-6-15(12-16)17-10-13(2)9-14(3)11-17/h13-15H,4-12H2,1-3H3. The zero-order chi connectivity index (χ0) is 12.3. The fraction of sp³-hybridized carbons (Fsp3) is 1.00. The molecule has 2 aliphatic rings. The molecule has 2 aliphatic heterocycles. The van der Waals surface area contributed by atoms with Gasteiger partial charge in [-0.2, -0.15) is 0 Å². The van der Waals surface area contributed by atoms with E-state index in [2.05, 4.69) is 30.6 Å². The normalized spacial score (nSPS) is 36.5. The summed E-state index contributed by atoms with van der Waals surface area (Å²) in [6, 6.07) is 0.858. The zero-order valence-corrected chi connectivity index (χ0v) is 12.0. The molecule has 0 aromatic carbocycles. The monoisotopic (exact) mass is 238 g/mol. The number of unbranched alkanes of at least 4 members (excludes halogenated alkanes) is 1. The van der Waals surface area contributed by atoms with Crippen LogP contribution in [0.5, 0.6) is 0 Å². The number of nitrogens with zero attached hydrogens (tertiary/aromatic N) is 2. The number of hydrogen-bond acceptors (Lipinski definition) is 2. The Morgan fingerprint density at radius 3 is 2.41 bits per heavy atom. The fourth-order valence-electron chi connectivity index (χ4n) is 3.70. The Labute approximate surface area is 107 Å². The van der Waals surface area contributed by atoms with E-state index in [1.165, 1.54) is 58.4 Å². The van der Waals surface area contributed by atoms with Gasteiger partial charge in [-0.1, -0.05) is 27.2 Å². The largest absolute Gasteiger partial charge is 0.302 e. The molecule has 0 radical (unpaired) electrons. The molecule has 2 nitrogen and oxygen atoms in total. The summed E-state index contributed by atoms with van der Waals surface area (Å²) in [5.41, 5.74) is 0. The van der Waals surface area contributed by atoms with Crippen LogP contribution in [-0.2, 0) is 0 Å². The molecule has 0 bridgehead atoms. The molecule has 3 unspecified atom stereocenters. The van der Waals surface area contributed by atoms with Crippen LogP contribution in [0.15, 0.2) is 0 Å². The molecule has 0 aromatic rings. The Kier molecular flexibility index (Phi) is 4.87. The van der Waals surface area contributed by atoms with E-state index in [-0.39, 0.29) is 0 Å². The van der Waals surface area contributed by atoms with E-state index in [9.17, 15) is 0 Å². The van der Waals surface area contributed by atoms with Crippen molar-refractivity contribution in [3.63, 3.8) is 0 Å². The van der Waals surface area contributed by atoms with Gasteiger partial charge in [0.2, 0.25) is 0 Å². The molecule has 2 fully saturated rings. The van der Waals surface area contributed by atoms with Crippen molar-refractivity contribution in [3.05, 3.63) is 0 Å². The van der Waals surface area contributed by atoms with Crippen molar-refractivity contribution in [2.24, 2.45) is 11.8 Å². The highest BCUT2D eigenvalue weighted by Gasteiger charge is 2.31. The molecule has 2 heteroatoms. The predicted molar refractivity (Wildman–Crippen MR) is 74.3 cm³/mol. The van der Waals surface area contributed by atoms with Crippen LogP contribution in [0.25, 0.3) is 0 Å². The fourth-order valence-corrected chi connectivity index (χ4v) is 3.70. The second kappa shape index (κ2) is 6.19. The van der Waals surface area contributed by atoms with Crippen LogP contribution in [0, 0.1) is 11.8 Å². The SMILES string of the molecule is CCCCN1CCC(N2CC(C)CC(C)C2)C1. The maximum absolute atomic E-state index is 2.78. The van der Waals surface area contributed by atoms with Crippen molar-refractivity contribution in [3.8, 4) is 0 Å². The first-order chi connectivity index (χ1) is 8.19. The van der Waals surface area contributed by atoms with Gasteiger partial charge < -0.3 is 4.90 Å². The Bertz CT molecular complexity index is 219. The average Bonchev–Trinajstić information content (AvgIpc) is 2.73. The first kappa shape index (κ1) is 13.4. The minimum Gasteiger partial charge on any atom is -0.302 e. The highest BCUT2D eigenvalue weighted by molar-refractivity contribution is 4.87. The molecule has 0 saturated carbocycles. The van der Waals surface area contributed by atoms with Gasteiger partial charge in [-0.3, -0.25) is 4.90 Å². The summed E-state index contributed by atoms with van der Waals surface area (Å²) in [5.74, 6) is 1.81. The van der Waals surface area contributed by atoms with Gasteiger partial charge in [-0.25, -0.2) is 0 Å². The molecule has 17 heavy (non-hydrogen) atoms. The van der Waals surface area contributed by atoms with E-state index in [0.717, 1.165) is 17.9 Å². The summed E-state index contributed by atoms with van der Waals surface area (Å²) < 4.78 is 0. The first-order valence-corrected chi connectivity index (χ1v) is 7.65. The summed E-state index contributed by atoms with van der Waals surface area (Å²) in [6.45, 7) is 13.8. The van der Waals surface area contributed by atoms with E-state index in [0.29, 0.717) is 0 Å². The molecule has 0 aromatic heterocycles. The number of hydrogen-bond donors (Lipinski definition) is 0. The van der Waals surface area contributed by atoms with Crippen LogP contribution >= 0.6 is 0 Å². The first-order valence-electron chi connectivity index (χ1n) is 7.65. The third-order valence-corrected chi connectivity index (χ3v) is 4.49. The quantitative estimate of drug-likeness (QED) is 0.743. The lowest BCUT2D eigenvalue weighted by molar-refractivity contribution is 0.0974. The third-order valence-electron chi connectivity index (χ3n) is 4.49. The third kappa shape index (κ3) is 3.69. The molecule has 0 amide bonds. The van der Waals surface area contributed by atoms with E-state index in [1.807, 2.05) is 0 Å². The molecular formula is C15H30N2. The smallest absolute Gasteiger partial charge is 0.0235 e. The molecular weight excluding hydrogens is 208 g/mol. The second-order valence-corrected chi connectivity index (χ2v) is 6.50. The van der Waals surface area contributed by atoms with Crippen molar-refractivity contribution >= 4 is 0 Å². The van der Waals surface area contributed by atoms with Gasteiger partial charge in [-0.05, 0) is 44.2 Å². The highest BCUT2D eigenvalue weighted by Crippen LogP contribution is 2.26. The lowest BCUT2D eigenvalue weighted by Gasteiger charge is -2.38. The molecule has 0 N–H and O–H groups in total. The van der Waals surface area contributed by atoms with Gasteiger partial charge in [0.15, 0.2) is 0 Å². The molecule has 2 saturated heterocycles. The van der Waals surface area contributed by atoms with E-state index < -0.39 is 0 Å². The van der Waals surface area contributed by atoms with Gasteiger partial charge in [0.1, 0.15) is 0 Å². The van der Waals surface area contributed by atoms with Crippen molar-refractivity contribution in [2.75, 3.05) is 32.7 Å². The van der Waals surface area contributed by atoms with Gasteiger partial charge in [0.05, 0.1) is 0 Å². The lowest BCUT2D eigenvalue weighted by Crippen LogP contribution is -2.46. The van der Waals surface area contributed by atoms with Crippen LogP contribution in [0.3, 0.4) is 0 Å². The number of rotatable bonds is 4. The van der Waals surface area contributed by atoms with Crippen LogP contribution in [0.4, 0.5) is 0 Å². The molecule has 0 spiro atoms.